The number of sulfonamides is 1. The lowest BCUT2D eigenvalue weighted by atomic mass is 10.4. The van der Waals surface area contributed by atoms with Crippen molar-refractivity contribution in [2.45, 2.75) is 36.1 Å². The first kappa shape index (κ1) is 16.9. The average Bonchev–Trinajstić information content (AvgIpc) is 3.12. The molecule has 1 aliphatic carbocycles. The molecule has 0 saturated heterocycles. The third kappa shape index (κ3) is 5.03. The van der Waals surface area contributed by atoms with Gasteiger partial charge in [-0.25, -0.2) is 12.7 Å². The van der Waals surface area contributed by atoms with E-state index in [0.29, 0.717) is 16.8 Å². The van der Waals surface area contributed by atoms with Crippen molar-refractivity contribution in [3.05, 3.63) is 17.0 Å². The molecule has 1 heterocycles. The van der Waals surface area contributed by atoms with Crippen LogP contribution in [0.2, 0.25) is 0 Å². The van der Waals surface area contributed by atoms with Gasteiger partial charge in [0.15, 0.2) is 0 Å². The summed E-state index contributed by atoms with van der Waals surface area (Å²) in [6.45, 7) is 2.21. The van der Waals surface area contributed by atoms with Crippen LogP contribution in [0.5, 0.6) is 0 Å². The summed E-state index contributed by atoms with van der Waals surface area (Å²) >= 11 is 1.38. The van der Waals surface area contributed by atoms with Gasteiger partial charge in [-0.3, -0.25) is 0 Å². The molecule has 1 N–H and O–H groups in total. The Morgan fingerprint density at radius 2 is 1.95 bits per heavy atom. The fraction of sp³-hybridized carbons (Fsp3) is 0.714. The normalized spacial score (nSPS) is 16.0. The molecule has 0 unspecified atom stereocenters. The molecule has 0 radical (unpaired) electrons. The Balaban J connectivity index is 1.90. The van der Waals surface area contributed by atoms with Crippen molar-refractivity contribution < 1.29 is 8.42 Å². The molecular formula is C14H25N3O2S2. The second-order valence-electron chi connectivity index (χ2n) is 5.86. The second kappa shape index (κ2) is 7.19. The van der Waals surface area contributed by atoms with Crippen LogP contribution in [0.15, 0.2) is 16.3 Å². The van der Waals surface area contributed by atoms with Crippen LogP contribution in [0.1, 0.15) is 24.1 Å². The largest absolute Gasteiger partial charge is 0.309 e. The number of nitrogens with zero attached hydrogens (tertiary/aromatic N) is 2. The van der Waals surface area contributed by atoms with Gasteiger partial charge in [-0.2, -0.15) is 0 Å². The molecule has 7 heteroatoms. The zero-order chi connectivity index (χ0) is 15.5. The van der Waals surface area contributed by atoms with Gasteiger partial charge in [0.25, 0.3) is 10.0 Å². The fourth-order valence-electron chi connectivity index (χ4n) is 2.01. The first-order valence-electron chi connectivity index (χ1n) is 7.33. The molecule has 21 heavy (non-hydrogen) atoms. The summed E-state index contributed by atoms with van der Waals surface area (Å²) in [5.41, 5.74) is 0. The molecule has 120 valence electrons. The van der Waals surface area contributed by atoms with Crippen LogP contribution in [0.4, 0.5) is 0 Å². The number of thiophene rings is 1. The lowest BCUT2D eigenvalue weighted by Crippen LogP contribution is -2.29. The van der Waals surface area contributed by atoms with E-state index in [0.717, 1.165) is 24.4 Å². The lowest BCUT2D eigenvalue weighted by Gasteiger charge is -2.17. The van der Waals surface area contributed by atoms with Crippen molar-refractivity contribution >= 4 is 21.4 Å². The lowest BCUT2D eigenvalue weighted by molar-refractivity contribution is 0.370. The fourth-order valence-corrected chi connectivity index (χ4v) is 4.73. The van der Waals surface area contributed by atoms with E-state index in [1.54, 1.807) is 13.1 Å². The minimum atomic E-state index is -3.33. The van der Waals surface area contributed by atoms with Crippen molar-refractivity contribution in [2.24, 2.45) is 0 Å². The zero-order valence-electron chi connectivity index (χ0n) is 13.0. The number of hydrogen-bond donors (Lipinski definition) is 1. The molecule has 0 amide bonds. The predicted molar refractivity (Wildman–Crippen MR) is 87.2 cm³/mol. The molecule has 0 bridgehead atoms. The SMILES string of the molecule is CN(C)CCCN(C)S(=O)(=O)c1ccc(CNC2CC2)s1. The highest BCUT2D eigenvalue weighted by Crippen LogP contribution is 2.26. The van der Waals surface area contributed by atoms with Crippen molar-refractivity contribution in [3.8, 4) is 0 Å². The Hall–Kier alpha value is -0.470. The van der Waals surface area contributed by atoms with Crippen LogP contribution in [0, 0.1) is 0 Å². The first-order valence-corrected chi connectivity index (χ1v) is 9.58. The van der Waals surface area contributed by atoms with E-state index in [1.807, 2.05) is 20.2 Å². The molecule has 1 aromatic rings. The van der Waals surface area contributed by atoms with Gasteiger partial charge < -0.3 is 10.2 Å². The molecule has 0 aliphatic heterocycles. The standard InChI is InChI=1S/C14H25N3O2S2/c1-16(2)9-4-10-17(3)21(18,19)14-8-7-13(20-14)11-15-12-5-6-12/h7-8,12,15H,4-6,9-11H2,1-3H3. The highest BCUT2D eigenvalue weighted by atomic mass is 32.2. The molecule has 2 rings (SSSR count). The van der Waals surface area contributed by atoms with Gasteiger partial charge in [0.05, 0.1) is 0 Å². The second-order valence-corrected chi connectivity index (χ2v) is 9.30. The van der Waals surface area contributed by atoms with E-state index in [9.17, 15) is 8.42 Å². The van der Waals surface area contributed by atoms with Gasteiger partial charge in [-0.1, -0.05) is 0 Å². The van der Waals surface area contributed by atoms with Crippen LogP contribution in [0.3, 0.4) is 0 Å². The number of rotatable bonds is 9. The highest BCUT2D eigenvalue weighted by molar-refractivity contribution is 7.91. The molecule has 1 aromatic heterocycles. The average molecular weight is 332 g/mol. The maximum absolute atomic E-state index is 12.5. The van der Waals surface area contributed by atoms with Crippen LogP contribution in [-0.4, -0.2) is 57.9 Å². The third-order valence-electron chi connectivity index (χ3n) is 3.52. The third-order valence-corrected chi connectivity index (χ3v) is 6.93. The summed E-state index contributed by atoms with van der Waals surface area (Å²) in [4.78, 5) is 3.15. The predicted octanol–water partition coefficient (Wildman–Crippen LogP) is 1.57. The monoisotopic (exact) mass is 331 g/mol. The Bertz CT molecular complexity index is 550. The molecule has 1 fully saturated rings. The van der Waals surface area contributed by atoms with Gasteiger partial charge in [0.2, 0.25) is 0 Å². The highest BCUT2D eigenvalue weighted by Gasteiger charge is 2.24. The van der Waals surface area contributed by atoms with E-state index in [4.69, 9.17) is 0 Å². The minimum Gasteiger partial charge on any atom is -0.309 e. The van der Waals surface area contributed by atoms with Crippen LogP contribution in [-0.2, 0) is 16.6 Å². The number of hydrogen-bond acceptors (Lipinski definition) is 5. The first-order chi connectivity index (χ1) is 9.89. The zero-order valence-corrected chi connectivity index (χ0v) is 14.6. The van der Waals surface area contributed by atoms with Crippen molar-refractivity contribution in [1.29, 1.82) is 0 Å². The summed E-state index contributed by atoms with van der Waals surface area (Å²) in [7, 11) is 2.31. The van der Waals surface area contributed by atoms with Crippen LogP contribution < -0.4 is 5.32 Å². The maximum atomic E-state index is 12.5. The molecule has 0 spiro atoms. The van der Waals surface area contributed by atoms with Crippen LogP contribution in [0.25, 0.3) is 0 Å². The molecule has 5 nitrogen and oxygen atoms in total. The minimum absolute atomic E-state index is 0.447. The van der Waals surface area contributed by atoms with E-state index < -0.39 is 10.0 Å². The summed E-state index contributed by atoms with van der Waals surface area (Å²) in [5, 5.41) is 3.41. The topological polar surface area (TPSA) is 52.7 Å². The Kier molecular flexibility index (Phi) is 5.79. The van der Waals surface area contributed by atoms with Gasteiger partial charge in [0.1, 0.15) is 4.21 Å². The van der Waals surface area contributed by atoms with Gasteiger partial charge >= 0.3 is 0 Å². The van der Waals surface area contributed by atoms with Crippen molar-refractivity contribution in [2.75, 3.05) is 34.2 Å². The van der Waals surface area contributed by atoms with E-state index in [2.05, 4.69) is 10.2 Å². The molecule has 1 saturated carbocycles. The van der Waals surface area contributed by atoms with E-state index in [-0.39, 0.29) is 0 Å². The quantitative estimate of drug-likeness (QED) is 0.746. The summed E-state index contributed by atoms with van der Waals surface area (Å²) in [5.74, 6) is 0. The Morgan fingerprint density at radius 3 is 2.57 bits per heavy atom. The molecular weight excluding hydrogens is 306 g/mol. The Morgan fingerprint density at radius 1 is 1.24 bits per heavy atom. The molecule has 0 aromatic carbocycles. The number of nitrogens with one attached hydrogen (secondary N) is 1. The van der Waals surface area contributed by atoms with Crippen LogP contribution >= 0.6 is 11.3 Å². The van der Waals surface area contributed by atoms with Gasteiger partial charge in [-0.15, -0.1) is 11.3 Å². The summed E-state index contributed by atoms with van der Waals surface area (Å²) in [6, 6.07) is 4.29. The Labute approximate surface area is 132 Å². The summed E-state index contributed by atoms with van der Waals surface area (Å²) < 4.78 is 26.9. The molecule has 1 aliphatic rings. The van der Waals surface area contributed by atoms with Crippen molar-refractivity contribution in [1.82, 2.24) is 14.5 Å². The van der Waals surface area contributed by atoms with E-state index in [1.165, 1.54) is 28.5 Å². The van der Waals surface area contributed by atoms with Gasteiger partial charge in [-0.05, 0) is 52.0 Å². The smallest absolute Gasteiger partial charge is 0.252 e. The van der Waals surface area contributed by atoms with E-state index >= 15 is 0 Å². The van der Waals surface area contributed by atoms with Crippen molar-refractivity contribution in [3.63, 3.8) is 0 Å². The maximum Gasteiger partial charge on any atom is 0.252 e. The summed E-state index contributed by atoms with van der Waals surface area (Å²) in [6.07, 6.45) is 3.32. The van der Waals surface area contributed by atoms with Gasteiger partial charge in [0, 0.05) is 31.1 Å². The molecule has 0 atom stereocenters.